The maximum Gasteiger partial charge on any atom is 0.414 e. The maximum atomic E-state index is 13.4. The fourth-order valence-electron chi connectivity index (χ4n) is 4.50. The molecule has 2 fully saturated rings. The smallest absolute Gasteiger partial charge is 0.414 e. The van der Waals surface area contributed by atoms with Gasteiger partial charge in [-0.25, -0.2) is 4.79 Å². The number of carbonyl (C=O) groups is 1. The largest absolute Gasteiger partial charge is 0.478 e. The molecule has 3 heterocycles. The molecular formula is C19H22F3N5O3. The molecule has 0 aromatic carbocycles. The molecule has 0 bridgehead atoms. The number of allylic oxidation sites excluding steroid dienone is 3. The molecule has 0 amide bonds. The second-order valence-electron chi connectivity index (χ2n) is 7.82. The number of aliphatic hydroxyl groups is 1. The van der Waals surface area contributed by atoms with Gasteiger partial charge in [-0.3, -0.25) is 4.90 Å². The summed E-state index contributed by atoms with van der Waals surface area (Å²) in [6.45, 7) is 1.97. The predicted octanol–water partition coefficient (Wildman–Crippen LogP) is 1.89. The third kappa shape index (κ3) is 3.99. The molecule has 3 aliphatic rings. The number of carboxylic acid groups (broad SMARTS) is 1. The fourth-order valence-corrected chi connectivity index (χ4v) is 4.50. The quantitative estimate of drug-likeness (QED) is 0.615. The van der Waals surface area contributed by atoms with Crippen LogP contribution in [0.2, 0.25) is 0 Å². The number of hydrogen-bond acceptors (Lipinski definition) is 7. The van der Waals surface area contributed by atoms with Gasteiger partial charge in [-0.15, -0.1) is 0 Å². The Balaban J connectivity index is 1.41. The zero-order valence-corrected chi connectivity index (χ0v) is 16.0. The van der Waals surface area contributed by atoms with E-state index in [1.165, 1.54) is 6.20 Å². The lowest BCUT2D eigenvalue weighted by Gasteiger charge is -2.30. The van der Waals surface area contributed by atoms with Crippen molar-refractivity contribution in [3.63, 3.8) is 0 Å². The van der Waals surface area contributed by atoms with E-state index in [2.05, 4.69) is 15.5 Å². The summed E-state index contributed by atoms with van der Waals surface area (Å²) in [5, 5.41) is 29.6. The average molecular weight is 425 g/mol. The molecule has 2 saturated heterocycles. The Bertz CT molecular complexity index is 874. The molecule has 3 N–H and O–H groups in total. The summed E-state index contributed by atoms with van der Waals surface area (Å²) in [6, 6.07) is 0. The number of halogens is 3. The van der Waals surface area contributed by atoms with Crippen LogP contribution < -0.4 is 5.32 Å². The van der Waals surface area contributed by atoms with Crippen LogP contribution >= 0.6 is 0 Å². The molecular weight excluding hydrogens is 403 g/mol. The summed E-state index contributed by atoms with van der Waals surface area (Å²) >= 11 is 0. The minimum absolute atomic E-state index is 0.00179. The highest BCUT2D eigenvalue weighted by Gasteiger charge is 2.45. The van der Waals surface area contributed by atoms with Crippen LogP contribution in [0.3, 0.4) is 0 Å². The number of nitrogens with one attached hydrogen (secondary N) is 1. The molecule has 4 rings (SSSR count). The number of hydrogen-bond donors (Lipinski definition) is 3. The van der Waals surface area contributed by atoms with Gasteiger partial charge in [0, 0.05) is 31.9 Å². The van der Waals surface area contributed by atoms with E-state index in [-0.39, 0.29) is 35.2 Å². The lowest BCUT2D eigenvalue weighted by molar-refractivity contribution is -0.0960. The van der Waals surface area contributed by atoms with E-state index in [9.17, 15) is 28.2 Å². The highest BCUT2D eigenvalue weighted by Crippen LogP contribution is 2.40. The number of fused-ring (bicyclic) bond motifs is 1. The van der Waals surface area contributed by atoms with Crippen molar-refractivity contribution in [2.75, 3.05) is 31.5 Å². The van der Waals surface area contributed by atoms with Crippen molar-refractivity contribution in [3.05, 3.63) is 41.4 Å². The summed E-state index contributed by atoms with van der Waals surface area (Å²) in [5.41, 5.74) is -0.154. The third-order valence-corrected chi connectivity index (χ3v) is 5.93. The second kappa shape index (κ2) is 7.88. The number of aliphatic hydroxyl groups excluding tert-OH is 1. The van der Waals surface area contributed by atoms with Gasteiger partial charge in [-0.05, 0) is 30.8 Å². The van der Waals surface area contributed by atoms with E-state index in [0.29, 0.717) is 32.6 Å². The normalized spacial score (nSPS) is 25.5. The zero-order chi connectivity index (χ0) is 21.5. The van der Waals surface area contributed by atoms with Crippen LogP contribution in [0.15, 0.2) is 35.8 Å². The number of nitrogens with zero attached hydrogens (tertiary/aromatic N) is 4. The van der Waals surface area contributed by atoms with E-state index in [1.54, 1.807) is 22.0 Å². The molecule has 8 nitrogen and oxygen atoms in total. The molecule has 2 aliphatic heterocycles. The highest BCUT2D eigenvalue weighted by atomic mass is 19.4. The van der Waals surface area contributed by atoms with E-state index in [1.807, 2.05) is 0 Å². The number of rotatable bonds is 5. The van der Waals surface area contributed by atoms with Gasteiger partial charge in [-0.2, -0.15) is 23.4 Å². The fraction of sp³-hybridized carbons (Fsp3) is 0.526. The number of aromatic nitrogens is 2. The Morgan fingerprint density at radius 1 is 1.17 bits per heavy atom. The molecule has 3 atom stereocenters. The minimum Gasteiger partial charge on any atom is -0.478 e. The van der Waals surface area contributed by atoms with Gasteiger partial charge in [0.2, 0.25) is 0 Å². The first-order valence-electron chi connectivity index (χ1n) is 9.68. The van der Waals surface area contributed by atoms with Crippen molar-refractivity contribution in [2.24, 2.45) is 11.8 Å². The highest BCUT2D eigenvalue weighted by molar-refractivity contribution is 5.93. The summed E-state index contributed by atoms with van der Waals surface area (Å²) in [7, 11) is 0. The van der Waals surface area contributed by atoms with E-state index in [0.717, 1.165) is 6.20 Å². The summed E-state index contributed by atoms with van der Waals surface area (Å²) < 4.78 is 40.1. The molecule has 3 unspecified atom stereocenters. The zero-order valence-electron chi connectivity index (χ0n) is 16.0. The molecule has 0 saturated carbocycles. The van der Waals surface area contributed by atoms with Gasteiger partial charge in [0.05, 0.1) is 23.7 Å². The Morgan fingerprint density at radius 2 is 1.83 bits per heavy atom. The SMILES string of the molecule is O=C(O)c1cnncc1NC(O)N1CC2CN(C3=C(C(F)(F)F)CCC=C3)CC2C1. The lowest BCUT2D eigenvalue weighted by Crippen LogP contribution is -2.41. The molecule has 1 aromatic heterocycles. The number of carboxylic acids is 1. The summed E-state index contributed by atoms with van der Waals surface area (Å²) in [6.07, 6.45) is 0.612. The number of aromatic carboxylic acids is 1. The van der Waals surface area contributed by atoms with E-state index in [4.69, 9.17) is 0 Å². The standard InChI is InChI=1S/C19H22F3N5O3/c20-19(21,22)14-3-1-2-4-16(14)26-7-11-9-27(10-12(11)8-26)18(30)25-15-6-24-23-5-13(15)17(28)29/h2,4-6,11-12,18,30H,1,3,7-10H2,(H,23,25)(H,28,29). The number of anilines is 1. The van der Waals surface area contributed by atoms with Crippen LogP contribution in [0.5, 0.6) is 0 Å². The van der Waals surface area contributed by atoms with Crippen molar-refractivity contribution >= 4 is 11.7 Å². The van der Waals surface area contributed by atoms with Crippen molar-refractivity contribution in [1.29, 1.82) is 0 Å². The maximum absolute atomic E-state index is 13.4. The van der Waals surface area contributed by atoms with Gasteiger partial charge in [-0.1, -0.05) is 6.08 Å². The Hall–Kier alpha value is -2.66. The van der Waals surface area contributed by atoms with Crippen molar-refractivity contribution in [2.45, 2.75) is 25.4 Å². The number of likely N-dealkylation sites (tertiary alicyclic amines) is 2. The summed E-state index contributed by atoms with van der Waals surface area (Å²) in [5.74, 6) is -0.954. The molecule has 0 spiro atoms. The van der Waals surface area contributed by atoms with Crippen molar-refractivity contribution in [3.8, 4) is 0 Å². The predicted molar refractivity (Wildman–Crippen MR) is 100 cm³/mol. The van der Waals surface area contributed by atoms with Crippen LogP contribution in [0.1, 0.15) is 23.2 Å². The van der Waals surface area contributed by atoms with Crippen molar-refractivity contribution < 1.29 is 28.2 Å². The van der Waals surface area contributed by atoms with Gasteiger partial charge in [0.15, 0.2) is 6.35 Å². The average Bonchev–Trinajstić information content (AvgIpc) is 3.27. The van der Waals surface area contributed by atoms with Gasteiger partial charge >= 0.3 is 12.1 Å². The molecule has 1 aliphatic carbocycles. The van der Waals surface area contributed by atoms with Crippen molar-refractivity contribution in [1.82, 2.24) is 20.0 Å². The monoisotopic (exact) mass is 425 g/mol. The van der Waals surface area contributed by atoms with Gasteiger partial charge < -0.3 is 20.4 Å². The molecule has 30 heavy (non-hydrogen) atoms. The van der Waals surface area contributed by atoms with Crippen LogP contribution in [-0.4, -0.2) is 74.9 Å². The second-order valence-corrected chi connectivity index (χ2v) is 7.82. The van der Waals surface area contributed by atoms with Gasteiger partial charge in [0.25, 0.3) is 0 Å². The lowest BCUT2D eigenvalue weighted by atomic mass is 10.0. The van der Waals surface area contributed by atoms with Crippen LogP contribution in [0, 0.1) is 11.8 Å². The minimum atomic E-state index is -4.33. The first-order chi connectivity index (χ1) is 14.2. The Morgan fingerprint density at radius 3 is 2.47 bits per heavy atom. The van der Waals surface area contributed by atoms with Crippen LogP contribution in [0.4, 0.5) is 18.9 Å². The topological polar surface area (TPSA) is 102 Å². The summed E-state index contributed by atoms with van der Waals surface area (Å²) in [4.78, 5) is 14.8. The Labute approximate surface area is 170 Å². The first-order valence-corrected chi connectivity index (χ1v) is 9.68. The molecule has 0 radical (unpaired) electrons. The molecule has 11 heteroatoms. The van der Waals surface area contributed by atoms with E-state index < -0.39 is 24.1 Å². The number of alkyl halides is 3. The van der Waals surface area contributed by atoms with Gasteiger partial charge in [0.1, 0.15) is 5.56 Å². The van der Waals surface area contributed by atoms with Crippen LogP contribution in [-0.2, 0) is 0 Å². The third-order valence-electron chi connectivity index (χ3n) is 5.93. The molecule has 1 aromatic rings. The molecule has 162 valence electrons. The Kier molecular flexibility index (Phi) is 5.41. The van der Waals surface area contributed by atoms with E-state index >= 15 is 0 Å². The van der Waals surface area contributed by atoms with Crippen LogP contribution in [0.25, 0.3) is 0 Å². The first kappa shape index (κ1) is 20.6.